The summed E-state index contributed by atoms with van der Waals surface area (Å²) < 4.78 is 5.92. The lowest BCUT2D eigenvalue weighted by Crippen LogP contribution is -2.28. The summed E-state index contributed by atoms with van der Waals surface area (Å²) in [5, 5.41) is 0. The summed E-state index contributed by atoms with van der Waals surface area (Å²) in [6.45, 7) is 6.23. The van der Waals surface area contributed by atoms with E-state index in [0.29, 0.717) is 0 Å². The van der Waals surface area contributed by atoms with E-state index in [1.165, 1.54) is 11.1 Å². The van der Waals surface area contributed by atoms with Crippen LogP contribution in [0.25, 0.3) is 0 Å². The molecule has 0 bridgehead atoms. The number of hydrogen-bond acceptors (Lipinski definition) is 2. The monoisotopic (exact) mass is 269 g/mol. The summed E-state index contributed by atoms with van der Waals surface area (Å²) in [6.07, 6.45) is 0.982. The van der Waals surface area contributed by atoms with E-state index in [2.05, 4.69) is 38.1 Å². The Balaban J connectivity index is 2.03. The fourth-order valence-electron chi connectivity index (χ4n) is 2.15. The number of aryl methyl sites for hydroxylation is 2. The van der Waals surface area contributed by atoms with E-state index in [1.54, 1.807) is 0 Å². The molecule has 0 fully saturated rings. The van der Waals surface area contributed by atoms with Crippen molar-refractivity contribution in [2.45, 2.75) is 39.3 Å². The summed E-state index contributed by atoms with van der Waals surface area (Å²) in [7, 11) is 0. The lowest BCUT2D eigenvalue weighted by Gasteiger charge is -2.22. The molecule has 2 rings (SSSR count). The molecule has 0 saturated carbocycles. The van der Waals surface area contributed by atoms with Crippen molar-refractivity contribution in [1.82, 2.24) is 0 Å². The molecule has 0 aliphatic heterocycles. The molecule has 0 saturated heterocycles. The SMILES string of the molecule is CCc1ccc(C(N)C(C)Oc2ccc(C)cc2)cc1. The maximum absolute atomic E-state index is 6.28. The average Bonchev–Trinajstić information content (AvgIpc) is 2.49. The molecule has 2 unspecified atom stereocenters. The van der Waals surface area contributed by atoms with Crippen LogP contribution in [0.15, 0.2) is 48.5 Å². The Morgan fingerprint density at radius 2 is 1.60 bits per heavy atom. The van der Waals surface area contributed by atoms with E-state index in [4.69, 9.17) is 10.5 Å². The van der Waals surface area contributed by atoms with E-state index >= 15 is 0 Å². The minimum absolute atomic E-state index is 0.0646. The van der Waals surface area contributed by atoms with Crippen molar-refractivity contribution >= 4 is 0 Å². The van der Waals surface area contributed by atoms with Gasteiger partial charge in [-0.2, -0.15) is 0 Å². The Morgan fingerprint density at radius 1 is 1.00 bits per heavy atom. The molecule has 20 heavy (non-hydrogen) atoms. The molecular weight excluding hydrogens is 246 g/mol. The van der Waals surface area contributed by atoms with Crippen LogP contribution in [-0.2, 0) is 6.42 Å². The summed E-state index contributed by atoms with van der Waals surface area (Å²) in [4.78, 5) is 0. The zero-order valence-corrected chi connectivity index (χ0v) is 12.5. The lowest BCUT2D eigenvalue weighted by molar-refractivity contribution is 0.190. The molecule has 106 valence electrons. The second-order valence-electron chi connectivity index (χ2n) is 5.26. The van der Waals surface area contributed by atoms with Crippen LogP contribution in [0.2, 0.25) is 0 Å². The predicted molar refractivity (Wildman–Crippen MR) is 84.0 cm³/mol. The minimum atomic E-state index is -0.123. The Labute approximate surface area is 121 Å². The first-order valence-electron chi connectivity index (χ1n) is 7.18. The summed E-state index contributed by atoms with van der Waals surface area (Å²) in [5.41, 5.74) is 9.95. The van der Waals surface area contributed by atoms with E-state index in [1.807, 2.05) is 31.2 Å². The lowest BCUT2D eigenvalue weighted by atomic mass is 10.0. The first-order chi connectivity index (χ1) is 9.60. The van der Waals surface area contributed by atoms with Gasteiger partial charge in [0, 0.05) is 0 Å². The summed E-state index contributed by atoms with van der Waals surface area (Å²) in [5.74, 6) is 0.865. The molecule has 2 N–H and O–H groups in total. The number of rotatable bonds is 5. The normalized spacial score (nSPS) is 13.8. The summed E-state index contributed by atoms with van der Waals surface area (Å²) in [6, 6.07) is 16.4. The van der Waals surface area contributed by atoms with Gasteiger partial charge in [-0.3, -0.25) is 0 Å². The number of benzene rings is 2. The van der Waals surface area contributed by atoms with Gasteiger partial charge in [0.2, 0.25) is 0 Å². The smallest absolute Gasteiger partial charge is 0.119 e. The molecule has 2 nitrogen and oxygen atoms in total. The highest BCUT2D eigenvalue weighted by Gasteiger charge is 2.16. The van der Waals surface area contributed by atoms with Crippen molar-refractivity contribution in [2.24, 2.45) is 5.73 Å². The zero-order valence-electron chi connectivity index (χ0n) is 12.5. The molecule has 0 amide bonds. The standard InChI is InChI=1S/C18H23NO/c1-4-15-7-9-16(10-8-15)18(19)14(3)20-17-11-5-13(2)6-12-17/h5-12,14,18H,4,19H2,1-3H3. The maximum atomic E-state index is 6.28. The van der Waals surface area contributed by atoms with Crippen molar-refractivity contribution in [1.29, 1.82) is 0 Å². The molecule has 0 aromatic heterocycles. The average molecular weight is 269 g/mol. The molecule has 0 heterocycles. The predicted octanol–water partition coefficient (Wildman–Crippen LogP) is 4.02. The van der Waals surface area contributed by atoms with Crippen molar-refractivity contribution < 1.29 is 4.74 Å². The second-order valence-corrected chi connectivity index (χ2v) is 5.26. The first kappa shape index (κ1) is 14.6. The Kier molecular flexibility index (Phi) is 4.80. The Bertz CT molecular complexity index is 530. The molecule has 2 atom stereocenters. The van der Waals surface area contributed by atoms with Crippen LogP contribution in [0.5, 0.6) is 5.75 Å². The van der Waals surface area contributed by atoms with Gasteiger partial charge in [0.1, 0.15) is 11.9 Å². The number of ether oxygens (including phenoxy) is 1. The molecule has 2 aromatic rings. The highest BCUT2D eigenvalue weighted by atomic mass is 16.5. The van der Waals surface area contributed by atoms with Gasteiger partial charge in [-0.1, -0.05) is 48.9 Å². The molecule has 2 heteroatoms. The van der Waals surface area contributed by atoms with E-state index in [0.717, 1.165) is 17.7 Å². The van der Waals surface area contributed by atoms with Gasteiger partial charge in [-0.05, 0) is 43.5 Å². The fraction of sp³-hybridized carbons (Fsp3) is 0.333. The van der Waals surface area contributed by atoms with Gasteiger partial charge in [-0.15, -0.1) is 0 Å². The third-order valence-corrected chi connectivity index (χ3v) is 3.62. The molecular formula is C18H23NO. The minimum Gasteiger partial charge on any atom is -0.489 e. The third kappa shape index (κ3) is 3.61. The van der Waals surface area contributed by atoms with Crippen LogP contribution in [0.4, 0.5) is 0 Å². The second kappa shape index (κ2) is 6.58. The Morgan fingerprint density at radius 3 is 2.15 bits per heavy atom. The van der Waals surface area contributed by atoms with Gasteiger partial charge >= 0.3 is 0 Å². The molecule has 0 aliphatic rings. The van der Waals surface area contributed by atoms with Crippen LogP contribution in [-0.4, -0.2) is 6.10 Å². The van der Waals surface area contributed by atoms with Crippen molar-refractivity contribution in [3.8, 4) is 5.75 Å². The first-order valence-corrected chi connectivity index (χ1v) is 7.18. The van der Waals surface area contributed by atoms with E-state index in [9.17, 15) is 0 Å². The number of nitrogens with two attached hydrogens (primary N) is 1. The molecule has 0 aliphatic carbocycles. The van der Waals surface area contributed by atoms with Crippen LogP contribution >= 0.6 is 0 Å². The van der Waals surface area contributed by atoms with Crippen LogP contribution in [0.3, 0.4) is 0 Å². The van der Waals surface area contributed by atoms with Gasteiger partial charge in [0.05, 0.1) is 6.04 Å². The van der Waals surface area contributed by atoms with Crippen LogP contribution in [0.1, 0.15) is 36.6 Å². The maximum Gasteiger partial charge on any atom is 0.119 e. The highest BCUT2D eigenvalue weighted by molar-refractivity contribution is 5.28. The quantitative estimate of drug-likeness (QED) is 0.889. The van der Waals surface area contributed by atoms with Gasteiger partial charge in [0.15, 0.2) is 0 Å². The van der Waals surface area contributed by atoms with Gasteiger partial charge in [0.25, 0.3) is 0 Å². The van der Waals surface area contributed by atoms with Gasteiger partial charge < -0.3 is 10.5 Å². The van der Waals surface area contributed by atoms with Crippen molar-refractivity contribution in [3.63, 3.8) is 0 Å². The molecule has 0 radical (unpaired) electrons. The fourth-order valence-corrected chi connectivity index (χ4v) is 2.15. The highest BCUT2D eigenvalue weighted by Crippen LogP contribution is 2.21. The third-order valence-electron chi connectivity index (χ3n) is 3.62. The van der Waals surface area contributed by atoms with Crippen molar-refractivity contribution in [3.05, 3.63) is 65.2 Å². The largest absolute Gasteiger partial charge is 0.489 e. The summed E-state index contributed by atoms with van der Waals surface area (Å²) >= 11 is 0. The topological polar surface area (TPSA) is 35.2 Å². The zero-order chi connectivity index (χ0) is 14.5. The van der Waals surface area contributed by atoms with Crippen LogP contribution < -0.4 is 10.5 Å². The molecule has 0 spiro atoms. The Hall–Kier alpha value is -1.80. The van der Waals surface area contributed by atoms with Crippen molar-refractivity contribution in [2.75, 3.05) is 0 Å². The van der Waals surface area contributed by atoms with Gasteiger partial charge in [-0.25, -0.2) is 0 Å². The van der Waals surface area contributed by atoms with E-state index in [-0.39, 0.29) is 12.1 Å². The van der Waals surface area contributed by atoms with E-state index < -0.39 is 0 Å². The number of hydrogen-bond donors (Lipinski definition) is 1. The van der Waals surface area contributed by atoms with Crippen LogP contribution in [0, 0.1) is 6.92 Å². The molecule has 2 aromatic carbocycles.